The minimum Gasteiger partial charge on any atom is -0.507 e. The second-order valence-corrected chi connectivity index (χ2v) is 10.2. The van der Waals surface area contributed by atoms with Crippen LogP contribution in [0.1, 0.15) is 42.5 Å². The van der Waals surface area contributed by atoms with Crippen molar-refractivity contribution in [3.63, 3.8) is 0 Å². The summed E-state index contributed by atoms with van der Waals surface area (Å²) < 4.78 is 5.03. The third-order valence-electron chi connectivity index (χ3n) is 6.71. The summed E-state index contributed by atoms with van der Waals surface area (Å²) in [5, 5.41) is 48.6. The lowest BCUT2D eigenvalue weighted by Crippen LogP contribution is -2.57. The summed E-state index contributed by atoms with van der Waals surface area (Å²) in [5.41, 5.74) is 5.58. The molecule has 1 fully saturated rings. The highest BCUT2D eigenvalue weighted by Crippen LogP contribution is 2.16. The van der Waals surface area contributed by atoms with Gasteiger partial charge in [-0.05, 0) is 37.8 Å². The number of carbonyl (C=O) groups is 7. The van der Waals surface area contributed by atoms with E-state index in [-0.39, 0.29) is 56.6 Å². The Hall–Kier alpha value is -4.69. The van der Waals surface area contributed by atoms with Crippen molar-refractivity contribution in [3.8, 4) is 5.75 Å². The van der Waals surface area contributed by atoms with Crippen molar-refractivity contribution in [2.45, 2.75) is 56.5 Å². The van der Waals surface area contributed by atoms with Crippen LogP contribution in [0.15, 0.2) is 24.3 Å². The largest absolute Gasteiger partial charge is 0.507 e. The number of amides is 6. The van der Waals surface area contributed by atoms with E-state index in [1.54, 1.807) is 0 Å². The zero-order valence-corrected chi connectivity index (χ0v) is 24.8. The van der Waals surface area contributed by atoms with Crippen molar-refractivity contribution in [3.05, 3.63) is 29.8 Å². The van der Waals surface area contributed by atoms with Gasteiger partial charge < -0.3 is 36.2 Å². The van der Waals surface area contributed by atoms with Crippen LogP contribution in [-0.4, -0.2) is 130 Å². The second kappa shape index (κ2) is 19.0. The predicted molar refractivity (Wildman–Crippen MR) is 153 cm³/mol. The molecule has 1 aromatic carbocycles. The molecule has 1 aromatic rings. The number of rotatable bonds is 19. The van der Waals surface area contributed by atoms with Crippen molar-refractivity contribution in [1.29, 1.82) is 0 Å². The number of aromatic hydroxyl groups is 1. The van der Waals surface area contributed by atoms with E-state index in [2.05, 4.69) is 21.3 Å². The Morgan fingerprint density at radius 2 is 1.80 bits per heavy atom. The van der Waals surface area contributed by atoms with Gasteiger partial charge >= 0.3 is 0 Å². The summed E-state index contributed by atoms with van der Waals surface area (Å²) in [6.07, 6.45) is -1.16. The number of hydrogen-bond acceptors (Lipinski definition) is 13. The number of nitrogens with two attached hydrogens (primary N) is 1. The van der Waals surface area contributed by atoms with Crippen LogP contribution in [0.25, 0.3) is 0 Å². The number of piperidine rings is 1. The van der Waals surface area contributed by atoms with Crippen molar-refractivity contribution in [2.75, 3.05) is 32.8 Å². The number of phenols is 1. The van der Waals surface area contributed by atoms with Crippen molar-refractivity contribution in [2.24, 2.45) is 5.73 Å². The van der Waals surface area contributed by atoms with E-state index < -0.39 is 72.9 Å². The average molecular weight is 654 g/mol. The van der Waals surface area contributed by atoms with E-state index in [0.29, 0.717) is 23.0 Å². The SMILES string of the molecule is NC(OCC(=O)c1ccccc1O)C(=O)NC(CO)C(=O)NC(CCCN(O)C=O)C(=O)NCCC(=O)NC1CCCN(O)C1=O. The lowest BCUT2D eigenvalue weighted by atomic mass is 10.1. The fourth-order valence-corrected chi connectivity index (χ4v) is 4.21. The molecule has 1 heterocycles. The molecule has 46 heavy (non-hydrogen) atoms. The molecular formula is C27H39N7O12. The van der Waals surface area contributed by atoms with Gasteiger partial charge in [0.15, 0.2) is 12.0 Å². The van der Waals surface area contributed by atoms with Gasteiger partial charge in [-0.15, -0.1) is 0 Å². The van der Waals surface area contributed by atoms with Gasteiger partial charge in [0.05, 0.1) is 12.2 Å². The summed E-state index contributed by atoms with van der Waals surface area (Å²) in [4.78, 5) is 85.4. The van der Waals surface area contributed by atoms with E-state index in [1.807, 2.05) is 0 Å². The monoisotopic (exact) mass is 653 g/mol. The van der Waals surface area contributed by atoms with Crippen LogP contribution in [0.4, 0.5) is 0 Å². The van der Waals surface area contributed by atoms with Crippen LogP contribution >= 0.6 is 0 Å². The molecule has 254 valence electrons. The molecule has 0 saturated carbocycles. The summed E-state index contributed by atoms with van der Waals surface area (Å²) >= 11 is 0. The fraction of sp³-hybridized carbons (Fsp3) is 0.519. The molecule has 4 unspecified atom stereocenters. The summed E-state index contributed by atoms with van der Waals surface area (Å²) in [7, 11) is 0. The molecule has 4 atom stereocenters. The van der Waals surface area contributed by atoms with Gasteiger partial charge in [0.25, 0.3) is 11.8 Å². The number of carbonyl (C=O) groups excluding carboxylic acids is 7. The van der Waals surface area contributed by atoms with Crippen LogP contribution < -0.4 is 27.0 Å². The number of phenolic OH excluding ortho intramolecular Hbond substituents is 1. The Balaban J connectivity index is 1.92. The number of hydroxylamine groups is 4. The Bertz CT molecular complexity index is 1250. The van der Waals surface area contributed by atoms with E-state index in [1.165, 1.54) is 24.3 Å². The molecule has 0 aromatic heterocycles. The highest BCUT2D eigenvalue weighted by Gasteiger charge is 2.30. The first-order valence-corrected chi connectivity index (χ1v) is 14.3. The number of para-hydroxylation sites is 1. The molecule has 6 amide bonds. The van der Waals surface area contributed by atoms with Gasteiger partial charge in [0, 0.05) is 26.1 Å². The van der Waals surface area contributed by atoms with Gasteiger partial charge in [-0.3, -0.25) is 49.7 Å². The minimum absolute atomic E-state index is 0.0232. The first-order valence-electron chi connectivity index (χ1n) is 14.3. The first-order chi connectivity index (χ1) is 21.9. The highest BCUT2D eigenvalue weighted by atomic mass is 16.5. The molecule has 0 bridgehead atoms. The van der Waals surface area contributed by atoms with Crippen molar-refractivity contribution >= 4 is 41.7 Å². The van der Waals surface area contributed by atoms with E-state index >= 15 is 0 Å². The van der Waals surface area contributed by atoms with Gasteiger partial charge in [-0.2, -0.15) is 0 Å². The summed E-state index contributed by atoms with van der Waals surface area (Å²) in [6.45, 7) is -1.89. The Morgan fingerprint density at radius 3 is 2.48 bits per heavy atom. The standard InChI is InChI=1S/C27H39N7O12/c28-23(46-14-21(38)16-5-1-2-8-20(16)37)26(42)32-19(13-35)25(41)31-17(6-3-11-33(44)15-36)24(40)29-10-9-22(39)30-18-7-4-12-34(45)27(18)43/h1-2,5,8,15,17-19,23,35,37,44-45H,3-4,6-7,9-14,28H2,(H,29,40)(H,30,39)(H,31,41)(H,32,42). The maximum atomic E-state index is 12.9. The number of ketones is 1. The zero-order valence-electron chi connectivity index (χ0n) is 24.8. The summed E-state index contributed by atoms with van der Waals surface area (Å²) in [5.74, 6) is -5.11. The molecule has 19 nitrogen and oxygen atoms in total. The second-order valence-electron chi connectivity index (χ2n) is 10.2. The molecule has 0 aliphatic carbocycles. The van der Waals surface area contributed by atoms with Crippen molar-refractivity contribution in [1.82, 2.24) is 31.4 Å². The molecule has 1 aliphatic heterocycles. The molecular weight excluding hydrogens is 614 g/mol. The minimum atomic E-state index is -1.76. The summed E-state index contributed by atoms with van der Waals surface area (Å²) in [6, 6.07) is 1.77. The number of benzene rings is 1. The van der Waals surface area contributed by atoms with Crippen LogP contribution in [0.2, 0.25) is 0 Å². The maximum absolute atomic E-state index is 12.9. The van der Waals surface area contributed by atoms with E-state index in [9.17, 15) is 54.2 Å². The Labute approximate surface area is 262 Å². The highest BCUT2D eigenvalue weighted by molar-refractivity contribution is 5.99. The Kier molecular flexibility index (Phi) is 15.5. The van der Waals surface area contributed by atoms with Gasteiger partial charge in [0.2, 0.25) is 24.1 Å². The predicted octanol–water partition coefficient (Wildman–Crippen LogP) is -3.53. The first kappa shape index (κ1) is 37.5. The van der Waals surface area contributed by atoms with Gasteiger partial charge in [0.1, 0.15) is 30.5 Å². The lowest BCUT2D eigenvalue weighted by Gasteiger charge is -2.27. The number of aliphatic hydroxyl groups is 1. The zero-order chi connectivity index (χ0) is 34.2. The third kappa shape index (κ3) is 12.0. The smallest absolute Gasteiger partial charge is 0.268 e. The normalized spacial score (nSPS) is 16.4. The molecule has 0 radical (unpaired) electrons. The molecule has 1 aliphatic rings. The van der Waals surface area contributed by atoms with Gasteiger partial charge in [-0.1, -0.05) is 12.1 Å². The molecule has 10 N–H and O–H groups in total. The van der Waals surface area contributed by atoms with Gasteiger partial charge in [-0.25, -0.2) is 10.1 Å². The number of hydrogen-bond donors (Lipinski definition) is 9. The average Bonchev–Trinajstić information content (AvgIpc) is 3.03. The van der Waals surface area contributed by atoms with E-state index in [4.69, 9.17) is 10.5 Å². The maximum Gasteiger partial charge on any atom is 0.268 e. The van der Waals surface area contributed by atoms with Crippen molar-refractivity contribution < 1.29 is 58.9 Å². The van der Waals surface area contributed by atoms with Crippen LogP contribution in [-0.2, 0) is 33.5 Å². The number of ether oxygens (including phenoxy) is 1. The number of nitrogens with one attached hydrogen (secondary N) is 4. The van der Waals surface area contributed by atoms with Crippen LogP contribution in [0, 0.1) is 0 Å². The molecule has 0 spiro atoms. The van der Waals surface area contributed by atoms with Crippen LogP contribution in [0.3, 0.4) is 0 Å². The Morgan fingerprint density at radius 1 is 1.11 bits per heavy atom. The van der Waals surface area contributed by atoms with E-state index in [0.717, 1.165) is 0 Å². The van der Waals surface area contributed by atoms with Crippen LogP contribution in [0.5, 0.6) is 5.75 Å². The molecule has 19 heteroatoms. The number of nitrogens with zero attached hydrogens (tertiary/aromatic N) is 2. The lowest BCUT2D eigenvalue weighted by molar-refractivity contribution is -0.173. The quantitative estimate of drug-likeness (QED) is 0.0230. The molecule has 1 saturated heterocycles. The molecule has 2 rings (SSSR count). The third-order valence-corrected chi connectivity index (χ3v) is 6.71. The number of Topliss-reactive ketones (excluding diaryl/α,β-unsaturated/α-hetero) is 1. The fourth-order valence-electron chi connectivity index (χ4n) is 4.21. The number of aliphatic hydroxyl groups excluding tert-OH is 1. The topological polar surface area (TPSA) is 290 Å².